The summed E-state index contributed by atoms with van der Waals surface area (Å²) in [5.74, 6) is 1.17. The summed E-state index contributed by atoms with van der Waals surface area (Å²) in [7, 11) is 0. The van der Waals surface area contributed by atoms with Gasteiger partial charge >= 0.3 is 0 Å². The molecule has 0 saturated heterocycles. The number of alkyl halides is 1. The van der Waals surface area contributed by atoms with Gasteiger partial charge in [-0.15, -0.1) is 11.6 Å². The Hall–Kier alpha value is -0.540. The van der Waals surface area contributed by atoms with Crippen LogP contribution in [0.3, 0.4) is 0 Å². The molecule has 0 fully saturated rings. The van der Waals surface area contributed by atoms with Crippen molar-refractivity contribution in [2.45, 2.75) is 26.7 Å². The zero-order valence-electron chi connectivity index (χ0n) is 10.8. The number of hydrogen-bond donors (Lipinski definition) is 1. The minimum absolute atomic E-state index is 0.0158. The molecule has 1 atom stereocenters. The van der Waals surface area contributed by atoms with Crippen LogP contribution in [-0.4, -0.2) is 18.3 Å². The van der Waals surface area contributed by atoms with E-state index >= 15 is 0 Å². The fraction of sp³-hybridized carbons (Fsp3) is 0.500. The lowest BCUT2D eigenvalue weighted by molar-refractivity contribution is 0.0952. The van der Waals surface area contributed by atoms with Gasteiger partial charge in [0.15, 0.2) is 0 Å². The molecule has 1 aromatic carbocycles. The molecule has 0 aromatic heterocycles. The molecular weight excluding hydrogens is 314 g/mol. The minimum Gasteiger partial charge on any atom is -0.352 e. The fourth-order valence-electron chi connectivity index (χ4n) is 1.70. The Kier molecular flexibility index (Phi) is 6.72. The first-order chi connectivity index (χ1) is 8.52. The summed E-state index contributed by atoms with van der Waals surface area (Å²) >= 11 is 9.13. The molecule has 0 radical (unpaired) electrons. The quantitative estimate of drug-likeness (QED) is 0.615. The molecular formula is C14H19BrClNO. The van der Waals surface area contributed by atoms with E-state index in [1.807, 2.05) is 25.1 Å². The van der Waals surface area contributed by atoms with Gasteiger partial charge in [-0.05, 0) is 49.4 Å². The third-order valence-corrected chi connectivity index (χ3v) is 3.71. The number of nitrogens with one attached hydrogen (secondary N) is 1. The number of halogens is 2. The second-order valence-corrected chi connectivity index (χ2v) is 5.90. The number of carbonyl (C=O) groups is 1. The van der Waals surface area contributed by atoms with Crippen molar-refractivity contribution in [2.75, 3.05) is 12.4 Å². The van der Waals surface area contributed by atoms with Gasteiger partial charge in [0, 0.05) is 22.5 Å². The van der Waals surface area contributed by atoms with Crippen LogP contribution in [0, 0.1) is 12.8 Å². The molecule has 4 heteroatoms. The van der Waals surface area contributed by atoms with Gasteiger partial charge in [-0.3, -0.25) is 4.79 Å². The Morgan fingerprint density at radius 1 is 1.44 bits per heavy atom. The molecule has 1 N–H and O–H groups in total. The first kappa shape index (κ1) is 15.5. The molecule has 18 heavy (non-hydrogen) atoms. The van der Waals surface area contributed by atoms with E-state index in [2.05, 4.69) is 28.2 Å². The zero-order chi connectivity index (χ0) is 13.5. The highest BCUT2D eigenvalue weighted by Crippen LogP contribution is 2.15. The van der Waals surface area contributed by atoms with Crippen molar-refractivity contribution in [2.24, 2.45) is 5.92 Å². The van der Waals surface area contributed by atoms with Gasteiger partial charge in [0.2, 0.25) is 0 Å². The lowest BCUT2D eigenvalue weighted by Crippen LogP contribution is -2.24. The molecule has 0 aliphatic rings. The van der Waals surface area contributed by atoms with Gasteiger partial charge in [-0.1, -0.05) is 22.9 Å². The number of carbonyl (C=O) groups excluding carboxylic acids is 1. The molecule has 0 aliphatic heterocycles. The average Bonchev–Trinajstić information content (AvgIpc) is 2.32. The average molecular weight is 333 g/mol. The van der Waals surface area contributed by atoms with Crippen LogP contribution in [0.15, 0.2) is 22.7 Å². The molecule has 0 aliphatic carbocycles. The maximum absolute atomic E-state index is 11.9. The van der Waals surface area contributed by atoms with Crippen molar-refractivity contribution in [1.29, 1.82) is 0 Å². The Morgan fingerprint density at radius 3 is 2.78 bits per heavy atom. The SMILES string of the molecule is Cc1cc(Br)cc(C(=O)NCCCC(C)CCl)c1. The summed E-state index contributed by atoms with van der Waals surface area (Å²) < 4.78 is 0.934. The van der Waals surface area contributed by atoms with Gasteiger partial charge in [-0.2, -0.15) is 0 Å². The maximum atomic E-state index is 11.9. The second kappa shape index (κ2) is 7.80. The second-order valence-electron chi connectivity index (χ2n) is 4.67. The van der Waals surface area contributed by atoms with E-state index in [1.165, 1.54) is 0 Å². The summed E-state index contributed by atoms with van der Waals surface area (Å²) in [5, 5.41) is 2.93. The van der Waals surface area contributed by atoms with E-state index < -0.39 is 0 Å². The Morgan fingerprint density at radius 2 is 2.17 bits per heavy atom. The molecule has 0 spiro atoms. The first-order valence-electron chi connectivity index (χ1n) is 6.14. The van der Waals surface area contributed by atoms with Crippen LogP contribution in [0.5, 0.6) is 0 Å². The summed E-state index contributed by atoms with van der Waals surface area (Å²) in [6, 6.07) is 5.71. The van der Waals surface area contributed by atoms with Crippen molar-refractivity contribution in [3.63, 3.8) is 0 Å². The lowest BCUT2D eigenvalue weighted by atomic mass is 10.1. The molecule has 1 aromatic rings. The van der Waals surface area contributed by atoms with Crippen LogP contribution in [0.25, 0.3) is 0 Å². The Balaban J connectivity index is 2.41. The van der Waals surface area contributed by atoms with Gasteiger partial charge in [0.1, 0.15) is 0 Å². The van der Waals surface area contributed by atoms with Crippen LogP contribution >= 0.6 is 27.5 Å². The lowest BCUT2D eigenvalue weighted by Gasteiger charge is -2.09. The Labute approximate surface area is 122 Å². The molecule has 1 unspecified atom stereocenters. The Bertz CT molecular complexity index is 389. The zero-order valence-corrected chi connectivity index (χ0v) is 13.1. The van der Waals surface area contributed by atoms with Crippen LogP contribution in [0.1, 0.15) is 35.7 Å². The van der Waals surface area contributed by atoms with E-state index in [1.54, 1.807) is 0 Å². The van der Waals surface area contributed by atoms with Crippen molar-refractivity contribution in [1.82, 2.24) is 5.32 Å². The van der Waals surface area contributed by atoms with E-state index in [-0.39, 0.29) is 5.91 Å². The molecule has 1 amide bonds. The highest BCUT2D eigenvalue weighted by atomic mass is 79.9. The molecule has 1 rings (SSSR count). The van der Waals surface area contributed by atoms with E-state index in [9.17, 15) is 4.79 Å². The highest BCUT2D eigenvalue weighted by Gasteiger charge is 2.07. The maximum Gasteiger partial charge on any atom is 0.251 e. The summed E-state index contributed by atoms with van der Waals surface area (Å²) in [4.78, 5) is 11.9. The van der Waals surface area contributed by atoms with Crippen LogP contribution in [0.4, 0.5) is 0 Å². The topological polar surface area (TPSA) is 29.1 Å². The van der Waals surface area contributed by atoms with Crippen LogP contribution < -0.4 is 5.32 Å². The molecule has 0 bridgehead atoms. The van der Waals surface area contributed by atoms with E-state index in [0.717, 1.165) is 22.9 Å². The van der Waals surface area contributed by atoms with Gasteiger partial charge < -0.3 is 5.32 Å². The van der Waals surface area contributed by atoms with Crippen molar-refractivity contribution >= 4 is 33.4 Å². The largest absolute Gasteiger partial charge is 0.352 e. The third-order valence-electron chi connectivity index (χ3n) is 2.73. The minimum atomic E-state index is -0.0158. The number of hydrogen-bond acceptors (Lipinski definition) is 1. The number of benzene rings is 1. The van der Waals surface area contributed by atoms with Gasteiger partial charge in [-0.25, -0.2) is 0 Å². The fourth-order valence-corrected chi connectivity index (χ4v) is 2.46. The smallest absolute Gasteiger partial charge is 0.251 e. The first-order valence-corrected chi connectivity index (χ1v) is 7.47. The standard InChI is InChI=1S/C14H19BrClNO/c1-10(9-16)4-3-5-17-14(18)12-6-11(2)7-13(15)8-12/h6-8,10H,3-5,9H2,1-2H3,(H,17,18). The van der Waals surface area contributed by atoms with Crippen molar-refractivity contribution in [3.05, 3.63) is 33.8 Å². The molecule has 100 valence electrons. The molecule has 0 saturated carbocycles. The molecule has 2 nitrogen and oxygen atoms in total. The number of rotatable bonds is 6. The molecule has 0 heterocycles. The van der Waals surface area contributed by atoms with Crippen LogP contribution in [-0.2, 0) is 0 Å². The normalized spacial score (nSPS) is 12.2. The van der Waals surface area contributed by atoms with E-state index in [0.29, 0.717) is 23.9 Å². The third kappa shape index (κ3) is 5.40. The van der Waals surface area contributed by atoms with Gasteiger partial charge in [0.25, 0.3) is 5.91 Å². The monoisotopic (exact) mass is 331 g/mol. The summed E-state index contributed by atoms with van der Waals surface area (Å²) in [6.07, 6.45) is 2.01. The number of amides is 1. The van der Waals surface area contributed by atoms with E-state index in [4.69, 9.17) is 11.6 Å². The number of aryl methyl sites for hydroxylation is 1. The highest BCUT2D eigenvalue weighted by molar-refractivity contribution is 9.10. The van der Waals surface area contributed by atoms with Crippen LogP contribution in [0.2, 0.25) is 0 Å². The van der Waals surface area contributed by atoms with Crippen molar-refractivity contribution in [3.8, 4) is 0 Å². The van der Waals surface area contributed by atoms with Gasteiger partial charge in [0.05, 0.1) is 0 Å². The summed E-state index contributed by atoms with van der Waals surface area (Å²) in [5.41, 5.74) is 1.78. The predicted molar refractivity (Wildman–Crippen MR) is 80.3 cm³/mol. The van der Waals surface area contributed by atoms with Crippen molar-refractivity contribution < 1.29 is 4.79 Å². The summed E-state index contributed by atoms with van der Waals surface area (Å²) in [6.45, 7) is 4.79. The predicted octanol–water partition coefficient (Wildman–Crippen LogP) is 4.14.